The Morgan fingerprint density at radius 3 is 1.42 bits per heavy atom. The van der Waals surface area contributed by atoms with Crippen LogP contribution in [0.3, 0.4) is 0 Å². The fourth-order valence-corrected chi connectivity index (χ4v) is 3.01. The molecule has 0 aromatic rings. The molecule has 0 atom stereocenters. The van der Waals surface area contributed by atoms with Crippen LogP contribution >= 0.6 is 0 Å². The molecule has 0 spiro atoms. The second-order valence-corrected chi connectivity index (χ2v) is 9.31. The number of carbonyl (C=O) groups excluding carboxylic acids is 2. The molecule has 0 aliphatic rings. The second-order valence-electron chi connectivity index (χ2n) is 9.31. The highest BCUT2D eigenvalue weighted by Crippen LogP contribution is 2.34. The largest absolute Gasteiger partial charge is 0.300 e. The van der Waals surface area contributed by atoms with Crippen molar-refractivity contribution in [1.82, 2.24) is 0 Å². The lowest BCUT2D eigenvalue weighted by molar-refractivity contribution is -0.125. The van der Waals surface area contributed by atoms with Crippen LogP contribution < -0.4 is 0 Å². The highest BCUT2D eigenvalue weighted by atomic mass is 16.1. The summed E-state index contributed by atoms with van der Waals surface area (Å²) in [6.07, 6.45) is 7.42. The zero-order chi connectivity index (χ0) is 17.4. The van der Waals surface area contributed by atoms with E-state index >= 15 is 0 Å². The molecule has 2 heteroatoms. The van der Waals surface area contributed by atoms with E-state index in [1.54, 1.807) is 6.92 Å². The van der Waals surface area contributed by atoms with Gasteiger partial charge in [0.25, 0.3) is 0 Å². The van der Waals surface area contributed by atoms with Gasteiger partial charge in [0.15, 0.2) is 0 Å². The summed E-state index contributed by atoms with van der Waals surface area (Å²) < 4.78 is 0. The number of unbranched alkanes of at least 4 members (excludes halogenated alkanes) is 3. The van der Waals surface area contributed by atoms with Crippen molar-refractivity contribution in [3.63, 3.8) is 0 Å². The molecule has 0 aliphatic carbocycles. The minimum atomic E-state index is 0. The second kappa shape index (κ2) is 12.7. The normalized spacial score (nSPS) is 11.7. The minimum Gasteiger partial charge on any atom is -0.300 e. The molecular weight excluding hydrogens is 296 g/mol. The zero-order valence-corrected chi connectivity index (χ0v) is 16.1. The molecule has 2 nitrogen and oxygen atoms in total. The molecule has 0 N–H and O–H groups in total. The lowest BCUT2D eigenvalue weighted by atomic mass is 9.74. The molecule has 0 aromatic carbocycles. The van der Waals surface area contributed by atoms with Crippen molar-refractivity contribution >= 4 is 11.6 Å². The third-order valence-electron chi connectivity index (χ3n) is 3.87. The number of carbonyl (C=O) groups is 2. The number of ketones is 2. The van der Waals surface area contributed by atoms with E-state index in [-0.39, 0.29) is 37.4 Å². The first-order valence-corrected chi connectivity index (χ1v) is 8.93. The molecule has 146 valence electrons. The lowest BCUT2D eigenvalue weighted by Crippen LogP contribution is -2.25. The molecule has 24 heavy (non-hydrogen) atoms. The van der Waals surface area contributed by atoms with E-state index in [4.69, 9.17) is 0 Å². The minimum absolute atomic E-state index is 0. The summed E-state index contributed by atoms with van der Waals surface area (Å²) >= 11 is 0. The van der Waals surface area contributed by atoms with Crippen LogP contribution in [0.2, 0.25) is 0 Å². The predicted octanol–water partition coefficient (Wildman–Crippen LogP) is 7.25. The van der Waals surface area contributed by atoms with Gasteiger partial charge in [-0.25, -0.2) is 0 Å². The van der Waals surface area contributed by atoms with Crippen molar-refractivity contribution in [2.75, 3.05) is 0 Å². The first kappa shape index (κ1) is 28.2. The number of hydrogen-bond acceptors (Lipinski definition) is 2. The molecule has 0 rings (SSSR count). The summed E-state index contributed by atoms with van der Waals surface area (Å²) in [4.78, 5) is 23.5. The molecule has 0 radical (unpaired) electrons. The van der Waals surface area contributed by atoms with Gasteiger partial charge in [0.05, 0.1) is 0 Å². The van der Waals surface area contributed by atoms with Gasteiger partial charge in [-0.2, -0.15) is 0 Å². The predicted molar refractivity (Wildman–Crippen MR) is 108 cm³/mol. The fraction of sp³-hybridized carbons (Fsp3) is 0.909. The maximum Gasteiger partial charge on any atom is 0.136 e. The Morgan fingerprint density at radius 2 is 1.08 bits per heavy atom. The van der Waals surface area contributed by atoms with Gasteiger partial charge >= 0.3 is 0 Å². The van der Waals surface area contributed by atoms with Crippen molar-refractivity contribution in [1.29, 1.82) is 0 Å². The van der Waals surface area contributed by atoms with E-state index in [1.807, 2.05) is 0 Å². The van der Waals surface area contributed by atoms with Crippen LogP contribution in [0.4, 0.5) is 0 Å². The van der Waals surface area contributed by atoms with Crippen LogP contribution in [0, 0.1) is 16.7 Å². The Morgan fingerprint density at radius 1 is 0.708 bits per heavy atom. The molecule has 0 saturated carbocycles. The highest BCUT2D eigenvalue weighted by molar-refractivity contribution is 5.81. The monoisotopic (exact) mass is 342 g/mol. The van der Waals surface area contributed by atoms with Crippen molar-refractivity contribution in [2.24, 2.45) is 16.7 Å². The molecule has 0 bridgehead atoms. The summed E-state index contributed by atoms with van der Waals surface area (Å²) in [5.74, 6) is 0.903. The van der Waals surface area contributed by atoms with Crippen LogP contribution in [0.1, 0.15) is 115 Å². The Bertz CT molecular complexity index is 326. The smallest absolute Gasteiger partial charge is 0.136 e. The molecule has 0 aromatic heterocycles. The summed E-state index contributed by atoms with van der Waals surface area (Å²) in [6.45, 7) is 15.0. The average Bonchev–Trinajstić information content (AvgIpc) is 2.28. The fourth-order valence-electron chi connectivity index (χ4n) is 3.01. The van der Waals surface area contributed by atoms with E-state index in [2.05, 4.69) is 41.5 Å². The molecule has 0 aliphatic heterocycles. The first-order chi connectivity index (χ1) is 9.91. The van der Waals surface area contributed by atoms with E-state index in [0.29, 0.717) is 18.6 Å². The number of Topliss-reactive ketones (excluding diaryl/α,β-unsaturated/α-hetero) is 2. The quantitative estimate of drug-likeness (QED) is 0.392. The van der Waals surface area contributed by atoms with E-state index in [9.17, 15) is 9.59 Å². The van der Waals surface area contributed by atoms with E-state index in [1.165, 1.54) is 0 Å². The van der Waals surface area contributed by atoms with E-state index in [0.717, 1.165) is 38.5 Å². The van der Waals surface area contributed by atoms with Crippen molar-refractivity contribution in [2.45, 2.75) is 115 Å². The van der Waals surface area contributed by atoms with Crippen LogP contribution in [0.25, 0.3) is 0 Å². The summed E-state index contributed by atoms with van der Waals surface area (Å²) in [6, 6.07) is 0. The molecule has 0 heterocycles. The maximum atomic E-state index is 12.6. The number of hydrogen-bond donors (Lipinski definition) is 0. The molecule has 0 fully saturated rings. The van der Waals surface area contributed by atoms with Crippen LogP contribution in [0.15, 0.2) is 0 Å². The topological polar surface area (TPSA) is 34.1 Å². The van der Waals surface area contributed by atoms with Crippen LogP contribution in [-0.2, 0) is 9.59 Å². The summed E-state index contributed by atoms with van der Waals surface area (Å²) in [5.41, 5.74) is 0.403. The third-order valence-corrected chi connectivity index (χ3v) is 3.87. The van der Waals surface area contributed by atoms with Crippen molar-refractivity contribution < 1.29 is 9.59 Å². The molecule has 0 amide bonds. The third kappa shape index (κ3) is 17.7. The van der Waals surface area contributed by atoms with Gasteiger partial charge in [-0.05, 0) is 43.4 Å². The van der Waals surface area contributed by atoms with Gasteiger partial charge in [-0.3, -0.25) is 4.79 Å². The van der Waals surface area contributed by atoms with Gasteiger partial charge in [-0.15, -0.1) is 0 Å². The molecule has 0 unspecified atom stereocenters. The van der Waals surface area contributed by atoms with Gasteiger partial charge in [0.2, 0.25) is 0 Å². The SMILES string of the molecule is C.C.CC(=O)CCCCCCC(=O)C(CC(C)(C)C)CC(C)(C)C. The Kier molecular flexibility index (Phi) is 14.9. The first-order valence-electron chi connectivity index (χ1n) is 8.93. The zero-order valence-electron chi connectivity index (χ0n) is 16.1. The standard InChI is InChI=1S/C20H38O2.2CH4/c1-16(21)12-10-8-9-11-13-18(22)17(14-19(2,3)4)15-20(5,6)7;;/h17H,8-15H2,1-7H3;2*1H4. The summed E-state index contributed by atoms with van der Waals surface area (Å²) in [7, 11) is 0. The lowest BCUT2D eigenvalue weighted by Gasteiger charge is -2.30. The Hall–Kier alpha value is -0.660. The highest BCUT2D eigenvalue weighted by Gasteiger charge is 2.28. The van der Waals surface area contributed by atoms with Gasteiger partial charge in [0, 0.05) is 18.8 Å². The molecular formula is C22H46O2. The van der Waals surface area contributed by atoms with Crippen molar-refractivity contribution in [3.05, 3.63) is 0 Å². The Balaban J connectivity index is -0.00000220. The summed E-state index contributed by atoms with van der Waals surface area (Å²) in [5, 5.41) is 0. The van der Waals surface area contributed by atoms with Crippen LogP contribution in [-0.4, -0.2) is 11.6 Å². The molecule has 0 saturated heterocycles. The Labute approximate surface area is 153 Å². The number of rotatable bonds is 10. The van der Waals surface area contributed by atoms with Crippen molar-refractivity contribution in [3.8, 4) is 0 Å². The average molecular weight is 343 g/mol. The van der Waals surface area contributed by atoms with Gasteiger partial charge in [0.1, 0.15) is 11.6 Å². The van der Waals surface area contributed by atoms with Gasteiger partial charge in [-0.1, -0.05) is 69.2 Å². The van der Waals surface area contributed by atoms with Crippen LogP contribution in [0.5, 0.6) is 0 Å². The van der Waals surface area contributed by atoms with E-state index < -0.39 is 0 Å². The maximum absolute atomic E-state index is 12.6. The van der Waals surface area contributed by atoms with Gasteiger partial charge < -0.3 is 4.79 Å².